The Kier molecular flexibility index (Phi) is 7.67. The van der Waals surface area contributed by atoms with Gasteiger partial charge < -0.3 is 9.64 Å². The van der Waals surface area contributed by atoms with Crippen molar-refractivity contribution in [2.75, 3.05) is 27.7 Å². The summed E-state index contributed by atoms with van der Waals surface area (Å²) >= 11 is 0. The van der Waals surface area contributed by atoms with Gasteiger partial charge >= 0.3 is 5.97 Å². The van der Waals surface area contributed by atoms with Gasteiger partial charge in [0.1, 0.15) is 5.78 Å². The van der Waals surface area contributed by atoms with E-state index in [1.165, 1.54) is 11.1 Å². The van der Waals surface area contributed by atoms with Crippen LogP contribution < -0.4 is 0 Å². The number of fused-ring (bicyclic) bond motifs is 5. The first-order valence-electron chi connectivity index (χ1n) is 11.9. The maximum absolute atomic E-state index is 12.5. The fraction of sp³-hybridized carbons (Fsp3) is 0.692. The number of aryl methyl sites for hydroxylation is 1. The van der Waals surface area contributed by atoms with E-state index in [1.807, 2.05) is 39.0 Å². The molecule has 1 aromatic rings. The quantitative estimate of drug-likeness (QED) is 0.530. The maximum atomic E-state index is 12.5. The van der Waals surface area contributed by atoms with Crippen LogP contribution in [0.25, 0.3) is 0 Å². The summed E-state index contributed by atoms with van der Waals surface area (Å²) in [4.78, 5) is 26.6. The van der Waals surface area contributed by atoms with Crippen molar-refractivity contribution < 1.29 is 14.3 Å². The van der Waals surface area contributed by atoms with Crippen molar-refractivity contribution in [2.24, 2.45) is 17.3 Å². The zero-order valence-electron chi connectivity index (χ0n) is 19.9. The minimum Gasteiger partial charge on any atom is -0.466 e. The normalized spacial score (nSPS) is 29.9. The van der Waals surface area contributed by atoms with E-state index in [2.05, 4.69) is 19.1 Å². The monoisotopic (exact) mass is 423 g/mol. The van der Waals surface area contributed by atoms with E-state index in [9.17, 15) is 9.59 Å². The number of carbonyl (C=O) groups is 2. The van der Waals surface area contributed by atoms with Gasteiger partial charge in [-0.25, -0.2) is 0 Å². The van der Waals surface area contributed by atoms with Crippen LogP contribution in [0.5, 0.6) is 0 Å². The number of esters is 1. The Labute approximate surface area is 189 Å². The maximum Gasteiger partial charge on any atom is 0.304 e. The molecule has 0 heterocycles. The number of ketones is 1. The third-order valence-corrected chi connectivity index (χ3v) is 7.52. The first kappa shape index (κ1) is 24.0. The minimum atomic E-state index is -0.707. The average molecular weight is 423 g/mol. The van der Waals surface area contributed by atoms with E-state index >= 15 is 0 Å². The first-order chi connectivity index (χ1) is 14.7. The second kappa shape index (κ2) is 9.89. The van der Waals surface area contributed by atoms with Crippen molar-refractivity contribution >= 4 is 19.6 Å². The Hall–Kier alpha value is -1.62. The van der Waals surface area contributed by atoms with Crippen LogP contribution in [0.4, 0.5) is 0 Å². The highest BCUT2D eigenvalue weighted by atomic mass is 16.5. The highest BCUT2D eigenvalue weighted by molar-refractivity contribution is 6.23. The van der Waals surface area contributed by atoms with E-state index in [-0.39, 0.29) is 11.4 Å². The van der Waals surface area contributed by atoms with Crippen LogP contribution in [-0.2, 0) is 20.7 Å². The SMILES string of the molecule is CN(C)C.[B]C(C(=O)OCCC)c1ccc2c(c1)CC[C@@H]1[C@H]3CCC(=O)[C@]3(C)CC[C@@H]21. The first-order valence-corrected chi connectivity index (χ1v) is 11.9. The molecule has 0 amide bonds. The van der Waals surface area contributed by atoms with E-state index in [0.717, 1.165) is 50.5 Å². The summed E-state index contributed by atoms with van der Waals surface area (Å²) < 4.78 is 5.21. The van der Waals surface area contributed by atoms with Gasteiger partial charge in [-0.2, -0.15) is 0 Å². The lowest BCUT2D eigenvalue weighted by Gasteiger charge is -2.48. The Bertz CT molecular complexity index is 805. The standard InChI is InChI=1S/C23H29BO3.C3H9N/c1-3-12-27-22(26)21(24)15-5-6-16-14(13-15)4-7-18-17(16)10-11-23(2)19(18)8-9-20(23)25;1-4(2)3/h5-6,13,17-19,21H,3-4,7-12H2,1-2H3;1-3H3/t17-,18-,19+,21?,23+;/m0./s1. The Morgan fingerprint density at radius 3 is 2.61 bits per heavy atom. The third kappa shape index (κ3) is 4.92. The molecule has 31 heavy (non-hydrogen) atoms. The molecule has 3 aliphatic carbocycles. The smallest absolute Gasteiger partial charge is 0.304 e. The number of carbonyl (C=O) groups excluding carboxylic acids is 2. The van der Waals surface area contributed by atoms with E-state index in [4.69, 9.17) is 12.6 Å². The van der Waals surface area contributed by atoms with Crippen molar-refractivity contribution in [3.8, 4) is 0 Å². The Morgan fingerprint density at radius 1 is 1.23 bits per heavy atom. The zero-order valence-corrected chi connectivity index (χ0v) is 19.9. The summed E-state index contributed by atoms with van der Waals surface area (Å²) in [5.41, 5.74) is 3.53. The molecule has 4 rings (SSSR count). The molecule has 2 saturated carbocycles. The lowest BCUT2D eigenvalue weighted by Crippen LogP contribution is -2.42. The predicted molar refractivity (Wildman–Crippen MR) is 125 cm³/mol. The van der Waals surface area contributed by atoms with Gasteiger partial charge in [-0.1, -0.05) is 32.0 Å². The molecular formula is C26H38BNO3. The Morgan fingerprint density at radius 2 is 1.94 bits per heavy atom. The van der Waals surface area contributed by atoms with Crippen LogP contribution in [0.15, 0.2) is 18.2 Å². The summed E-state index contributed by atoms with van der Waals surface area (Å²) in [6.45, 7) is 4.60. The molecule has 0 aliphatic heterocycles. The van der Waals surface area contributed by atoms with Gasteiger partial charge in [-0.05, 0) is 94.1 Å². The van der Waals surface area contributed by atoms with E-state index in [1.54, 1.807) is 0 Å². The van der Waals surface area contributed by atoms with Gasteiger partial charge in [0.25, 0.3) is 0 Å². The summed E-state index contributed by atoms with van der Waals surface area (Å²) in [6.07, 6.45) is 6.91. The van der Waals surface area contributed by atoms with Crippen LogP contribution in [0.3, 0.4) is 0 Å². The van der Waals surface area contributed by atoms with Crippen molar-refractivity contribution in [3.63, 3.8) is 0 Å². The van der Waals surface area contributed by atoms with E-state index in [0.29, 0.717) is 30.1 Å². The fourth-order valence-electron chi connectivity index (χ4n) is 6.00. The van der Waals surface area contributed by atoms with Gasteiger partial charge in [0.15, 0.2) is 0 Å². The highest BCUT2D eigenvalue weighted by Crippen LogP contribution is 2.59. The molecule has 3 aliphatic rings. The second-order valence-electron chi connectivity index (χ2n) is 10.3. The molecule has 0 saturated heterocycles. The zero-order chi connectivity index (χ0) is 22.8. The van der Waals surface area contributed by atoms with Crippen LogP contribution in [0.2, 0.25) is 0 Å². The molecular weight excluding hydrogens is 385 g/mol. The summed E-state index contributed by atoms with van der Waals surface area (Å²) in [5, 5.41) is 0. The molecule has 0 bridgehead atoms. The molecule has 1 unspecified atom stereocenters. The largest absolute Gasteiger partial charge is 0.466 e. The molecule has 2 radical (unpaired) electrons. The van der Waals surface area contributed by atoms with Crippen LogP contribution in [0.1, 0.15) is 80.8 Å². The molecule has 0 N–H and O–H groups in total. The Balaban J connectivity index is 0.000000628. The van der Waals surface area contributed by atoms with Crippen molar-refractivity contribution in [3.05, 3.63) is 34.9 Å². The third-order valence-electron chi connectivity index (χ3n) is 7.52. The fourth-order valence-corrected chi connectivity index (χ4v) is 6.00. The number of rotatable bonds is 4. The summed E-state index contributed by atoms with van der Waals surface area (Å²) in [5.74, 6) is 1.16. The number of hydrogen-bond acceptors (Lipinski definition) is 4. The molecule has 1 aromatic carbocycles. The van der Waals surface area contributed by atoms with Crippen LogP contribution >= 0.6 is 0 Å². The number of Topliss-reactive ketones (excluding diaryl/α,β-unsaturated/α-hetero) is 1. The molecule has 168 valence electrons. The lowest BCUT2D eigenvalue weighted by atomic mass is 9.55. The molecule has 2 fully saturated rings. The molecule has 5 heteroatoms. The second-order valence-corrected chi connectivity index (χ2v) is 10.3. The highest BCUT2D eigenvalue weighted by Gasteiger charge is 2.54. The van der Waals surface area contributed by atoms with Gasteiger partial charge in [0, 0.05) is 17.7 Å². The number of hydrogen-bond donors (Lipinski definition) is 0. The minimum absolute atomic E-state index is 0.0794. The molecule has 0 spiro atoms. The van der Waals surface area contributed by atoms with Gasteiger partial charge in [0.05, 0.1) is 14.5 Å². The lowest BCUT2D eigenvalue weighted by molar-refractivity contribution is -0.143. The number of ether oxygens (including phenoxy) is 1. The summed E-state index contributed by atoms with van der Waals surface area (Å²) in [7, 11) is 12.1. The van der Waals surface area contributed by atoms with Gasteiger partial charge in [-0.15, -0.1) is 0 Å². The predicted octanol–water partition coefficient (Wildman–Crippen LogP) is 4.45. The van der Waals surface area contributed by atoms with Crippen molar-refractivity contribution in [2.45, 2.75) is 70.5 Å². The van der Waals surface area contributed by atoms with Crippen molar-refractivity contribution in [1.29, 1.82) is 0 Å². The average Bonchev–Trinajstić information content (AvgIpc) is 3.05. The summed E-state index contributed by atoms with van der Waals surface area (Å²) in [6, 6.07) is 6.32. The van der Waals surface area contributed by atoms with Crippen LogP contribution in [-0.4, -0.2) is 52.2 Å². The molecule has 5 atom stereocenters. The molecule has 0 aromatic heterocycles. The van der Waals surface area contributed by atoms with Crippen LogP contribution in [0, 0.1) is 17.3 Å². The topological polar surface area (TPSA) is 46.6 Å². The van der Waals surface area contributed by atoms with Gasteiger partial charge in [0.2, 0.25) is 0 Å². The number of nitrogens with zero attached hydrogens (tertiary/aromatic N) is 1. The molecule has 4 nitrogen and oxygen atoms in total. The van der Waals surface area contributed by atoms with E-state index < -0.39 is 5.82 Å². The van der Waals surface area contributed by atoms with Crippen molar-refractivity contribution in [1.82, 2.24) is 4.90 Å². The van der Waals surface area contributed by atoms with Gasteiger partial charge in [-0.3, -0.25) is 9.59 Å². The number of benzene rings is 1.